The van der Waals surface area contributed by atoms with Crippen LogP contribution in [0.5, 0.6) is 0 Å². The maximum absolute atomic E-state index is 11.4. The van der Waals surface area contributed by atoms with Gasteiger partial charge in [0, 0.05) is 38.3 Å². The quantitative estimate of drug-likeness (QED) is 0.684. The van der Waals surface area contributed by atoms with E-state index in [1.54, 1.807) is 0 Å². The molecule has 17 heavy (non-hydrogen) atoms. The van der Waals surface area contributed by atoms with Crippen molar-refractivity contribution in [2.24, 2.45) is 5.41 Å². The molecule has 0 saturated carbocycles. The molecule has 2 atom stereocenters. The summed E-state index contributed by atoms with van der Waals surface area (Å²) in [5.41, 5.74) is -0.158. The minimum Gasteiger partial charge on any atom is -0.381 e. The van der Waals surface area contributed by atoms with Gasteiger partial charge < -0.3 is 14.3 Å². The lowest BCUT2D eigenvalue weighted by molar-refractivity contribution is -0.125. The zero-order chi connectivity index (χ0) is 11.7. The summed E-state index contributed by atoms with van der Waals surface area (Å²) in [5, 5.41) is 0. The Labute approximate surface area is 102 Å². The molecule has 0 spiro atoms. The molecule has 96 valence electrons. The maximum atomic E-state index is 11.4. The first-order valence-corrected chi connectivity index (χ1v) is 6.72. The van der Waals surface area contributed by atoms with E-state index in [1.807, 2.05) is 0 Å². The summed E-state index contributed by atoms with van der Waals surface area (Å²) >= 11 is 0. The van der Waals surface area contributed by atoms with Crippen LogP contribution in [0.4, 0.5) is 0 Å². The largest absolute Gasteiger partial charge is 0.381 e. The third-order valence-electron chi connectivity index (χ3n) is 4.40. The highest BCUT2D eigenvalue weighted by Gasteiger charge is 2.39. The summed E-state index contributed by atoms with van der Waals surface area (Å²) in [4.78, 5) is 13.9. The van der Waals surface area contributed by atoms with E-state index >= 15 is 0 Å². The van der Waals surface area contributed by atoms with E-state index in [-0.39, 0.29) is 5.41 Å². The molecule has 3 saturated heterocycles. The van der Waals surface area contributed by atoms with Crippen LogP contribution in [0.2, 0.25) is 0 Å². The Kier molecular flexibility index (Phi) is 3.19. The van der Waals surface area contributed by atoms with Crippen molar-refractivity contribution in [3.8, 4) is 0 Å². The Morgan fingerprint density at radius 3 is 2.41 bits per heavy atom. The van der Waals surface area contributed by atoms with E-state index in [2.05, 4.69) is 4.90 Å². The second-order valence-electron chi connectivity index (χ2n) is 5.74. The molecule has 0 aromatic rings. The number of morpholine rings is 1. The molecule has 4 heteroatoms. The van der Waals surface area contributed by atoms with Gasteiger partial charge in [-0.15, -0.1) is 0 Å². The first kappa shape index (κ1) is 11.6. The summed E-state index contributed by atoms with van der Waals surface area (Å²) < 4.78 is 11.2. The lowest BCUT2D eigenvalue weighted by Gasteiger charge is -2.40. The molecule has 0 radical (unpaired) electrons. The highest BCUT2D eigenvalue weighted by molar-refractivity contribution is 5.60. The van der Waals surface area contributed by atoms with Crippen LogP contribution in [0, 0.1) is 5.41 Å². The van der Waals surface area contributed by atoms with E-state index < -0.39 is 0 Å². The van der Waals surface area contributed by atoms with Crippen molar-refractivity contribution in [1.82, 2.24) is 4.90 Å². The fourth-order valence-corrected chi connectivity index (χ4v) is 3.36. The van der Waals surface area contributed by atoms with Crippen LogP contribution in [-0.2, 0) is 14.3 Å². The Morgan fingerprint density at radius 1 is 1.18 bits per heavy atom. The van der Waals surface area contributed by atoms with Crippen LogP contribution in [0.3, 0.4) is 0 Å². The third kappa shape index (κ3) is 2.39. The first-order chi connectivity index (χ1) is 8.30. The molecule has 2 unspecified atom stereocenters. The molecular weight excluding hydrogens is 218 g/mol. The van der Waals surface area contributed by atoms with Gasteiger partial charge in [0.15, 0.2) is 0 Å². The highest BCUT2D eigenvalue weighted by atomic mass is 16.5. The Hall–Kier alpha value is -0.450. The van der Waals surface area contributed by atoms with Gasteiger partial charge in [-0.1, -0.05) is 0 Å². The number of hydrogen-bond donors (Lipinski definition) is 0. The lowest BCUT2D eigenvalue weighted by atomic mass is 9.81. The third-order valence-corrected chi connectivity index (χ3v) is 4.40. The second-order valence-corrected chi connectivity index (χ2v) is 5.74. The number of fused-ring (bicyclic) bond motifs is 2. The Bertz CT molecular complexity index is 276. The van der Waals surface area contributed by atoms with Gasteiger partial charge in [-0.05, 0) is 25.7 Å². The van der Waals surface area contributed by atoms with Crippen molar-refractivity contribution in [2.75, 3.05) is 32.8 Å². The fourth-order valence-electron chi connectivity index (χ4n) is 3.36. The molecule has 3 aliphatic rings. The molecule has 4 nitrogen and oxygen atoms in total. The minimum atomic E-state index is -0.158. The predicted molar refractivity (Wildman–Crippen MR) is 62.9 cm³/mol. The smallest absolute Gasteiger partial charge is 0.127 e. The van der Waals surface area contributed by atoms with Gasteiger partial charge in [0.2, 0.25) is 0 Å². The molecule has 3 heterocycles. The SMILES string of the molecule is O=CC1(CN2CC3CCC(C2)O3)CCOCC1. The van der Waals surface area contributed by atoms with Gasteiger partial charge in [0.05, 0.1) is 12.2 Å². The molecule has 3 rings (SSSR count). The Morgan fingerprint density at radius 2 is 1.82 bits per heavy atom. The summed E-state index contributed by atoms with van der Waals surface area (Å²) in [6, 6.07) is 0. The van der Waals surface area contributed by atoms with Crippen molar-refractivity contribution >= 4 is 6.29 Å². The van der Waals surface area contributed by atoms with Crippen LogP contribution < -0.4 is 0 Å². The number of carbonyl (C=O) groups excluding carboxylic acids is 1. The average Bonchev–Trinajstić information content (AvgIpc) is 2.70. The van der Waals surface area contributed by atoms with Gasteiger partial charge >= 0.3 is 0 Å². The van der Waals surface area contributed by atoms with Gasteiger partial charge in [-0.25, -0.2) is 0 Å². The molecule has 3 aliphatic heterocycles. The standard InChI is InChI=1S/C13H21NO3/c15-10-13(3-5-16-6-4-13)9-14-7-11-1-2-12(8-14)17-11/h10-12H,1-9H2. The van der Waals surface area contributed by atoms with E-state index in [4.69, 9.17) is 9.47 Å². The van der Waals surface area contributed by atoms with Gasteiger partial charge in [-0.3, -0.25) is 4.90 Å². The molecule has 0 N–H and O–H groups in total. The normalized spacial score (nSPS) is 36.9. The summed E-state index contributed by atoms with van der Waals surface area (Å²) in [6.07, 6.45) is 6.14. The molecular formula is C13H21NO3. The molecule has 0 aliphatic carbocycles. The first-order valence-electron chi connectivity index (χ1n) is 6.72. The average molecular weight is 239 g/mol. The summed E-state index contributed by atoms with van der Waals surface area (Å²) in [5.74, 6) is 0. The monoisotopic (exact) mass is 239 g/mol. The lowest BCUT2D eigenvalue weighted by Crippen LogP contribution is -2.49. The van der Waals surface area contributed by atoms with Crippen LogP contribution in [-0.4, -0.2) is 56.2 Å². The number of ether oxygens (including phenoxy) is 2. The van der Waals surface area contributed by atoms with Crippen molar-refractivity contribution < 1.29 is 14.3 Å². The Balaban J connectivity index is 1.63. The summed E-state index contributed by atoms with van der Waals surface area (Å²) in [6.45, 7) is 4.38. The number of carbonyl (C=O) groups is 1. The number of rotatable bonds is 3. The van der Waals surface area contributed by atoms with Gasteiger partial charge in [-0.2, -0.15) is 0 Å². The van der Waals surface area contributed by atoms with Crippen molar-refractivity contribution in [1.29, 1.82) is 0 Å². The highest BCUT2D eigenvalue weighted by Crippen LogP contribution is 2.32. The molecule has 2 bridgehead atoms. The number of hydrogen-bond acceptors (Lipinski definition) is 4. The van der Waals surface area contributed by atoms with E-state index in [9.17, 15) is 4.79 Å². The van der Waals surface area contributed by atoms with Crippen molar-refractivity contribution in [3.05, 3.63) is 0 Å². The van der Waals surface area contributed by atoms with Gasteiger partial charge in [0.1, 0.15) is 6.29 Å². The zero-order valence-electron chi connectivity index (χ0n) is 10.3. The maximum Gasteiger partial charge on any atom is 0.127 e. The molecule has 3 fully saturated rings. The summed E-state index contributed by atoms with van der Waals surface area (Å²) in [7, 11) is 0. The molecule has 0 aromatic heterocycles. The number of likely N-dealkylation sites (tertiary alicyclic amines) is 1. The second kappa shape index (κ2) is 4.67. The van der Waals surface area contributed by atoms with Gasteiger partial charge in [0.25, 0.3) is 0 Å². The van der Waals surface area contributed by atoms with Crippen molar-refractivity contribution in [3.63, 3.8) is 0 Å². The predicted octanol–water partition coefficient (Wildman–Crippen LogP) is 0.845. The molecule has 0 aromatic carbocycles. The van der Waals surface area contributed by atoms with Crippen LogP contribution >= 0.6 is 0 Å². The topological polar surface area (TPSA) is 38.8 Å². The number of nitrogens with zero attached hydrogens (tertiary/aromatic N) is 1. The molecule has 0 amide bonds. The van der Waals surface area contributed by atoms with Crippen LogP contribution in [0.25, 0.3) is 0 Å². The van der Waals surface area contributed by atoms with E-state index in [0.29, 0.717) is 12.2 Å². The minimum absolute atomic E-state index is 0.158. The van der Waals surface area contributed by atoms with Crippen LogP contribution in [0.15, 0.2) is 0 Å². The van der Waals surface area contributed by atoms with Crippen molar-refractivity contribution in [2.45, 2.75) is 37.9 Å². The fraction of sp³-hybridized carbons (Fsp3) is 0.923. The zero-order valence-corrected chi connectivity index (χ0v) is 10.3. The number of aldehydes is 1. The van der Waals surface area contributed by atoms with E-state index in [1.165, 1.54) is 19.1 Å². The van der Waals surface area contributed by atoms with Crippen LogP contribution in [0.1, 0.15) is 25.7 Å². The van der Waals surface area contributed by atoms with E-state index in [0.717, 1.165) is 45.7 Å².